The van der Waals surface area contributed by atoms with E-state index in [1.807, 2.05) is 66.9 Å². The lowest BCUT2D eigenvalue weighted by molar-refractivity contribution is -0.118. The minimum Gasteiger partial charge on any atom is -0.493 e. The molecule has 196 valence electrons. The van der Waals surface area contributed by atoms with Gasteiger partial charge >= 0.3 is 0 Å². The number of nitrogens with zero attached hydrogens (tertiary/aromatic N) is 4. The SMILES string of the molecule is COc1ccc(C=NNC(=O)CSc2nnc(-c3ccc(C)cc3)n2-c2ccc(C)cc2)c(OC)c1OC. The molecule has 0 bridgehead atoms. The molecule has 0 aliphatic carbocycles. The van der Waals surface area contributed by atoms with Crippen LogP contribution in [0.4, 0.5) is 0 Å². The molecule has 1 amide bonds. The maximum atomic E-state index is 12.6. The van der Waals surface area contributed by atoms with E-state index in [-0.39, 0.29) is 11.7 Å². The molecule has 0 aliphatic rings. The smallest absolute Gasteiger partial charge is 0.250 e. The van der Waals surface area contributed by atoms with Crippen molar-refractivity contribution in [1.82, 2.24) is 20.2 Å². The Morgan fingerprint density at radius 1 is 0.895 bits per heavy atom. The number of aromatic nitrogens is 3. The Labute approximate surface area is 225 Å². The number of hydrogen-bond acceptors (Lipinski definition) is 8. The van der Waals surface area contributed by atoms with Crippen molar-refractivity contribution in [1.29, 1.82) is 0 Å². The van der Waals surface area contributed by atoms with Crippen LogP contribution in [0.15, 0.2) is 70.9 Å². The Kier molecular flexibility index (Phi) is 8.65. The van der Waals surface area contributed by atoms with E-state index in [0.29, 0.717) is 33.8 Å². The van der Waals surface area contributed by atoms with Gasteiger partial charge in [0.05, 0.1) is 33.3 Å². The van der Waals surface area contributed by atoms with E-state index in [1.54, 1.807) is 19.2 Å². The maximum Gasteiger partial charge on any atom is 0.250 e. The molecule has 38 heavy (non-hydrogen) atoms. The topological polar surface area (TPSA) is 99.9 Å². The zero-order valence-electron chi connectivity index (χ0n) is 21.9. The standard InChI is InChI=1S/C28H29N5O4S/c1-18-6-10-20(11-7-18)27-31-32-28(33(27)22-13-8-19(2)9-14-22)38-17-24(34)30-29-16-21-12-15-23(35-3)26(37-5)25(21)36-4/h6-16H,17H2,1-5H3,(H,30,34). The summed E-state index contributed by atoms with van der Waals surface area (Å²) in [5, 5.41) is 13.5. The van der Waals surface area contributed by atoms with E-state index in [1.165, 1.54) is 32.2 Å². The number of hydrogen-bond donors (Lipinski definition) is 1. The second kappa shape index (κ2) is 12.3. The summed E-state index contributed by atoms with van der Waals surface area (Å²) in [5.74, 6) is 1.94. The van der Waals surface area contributed by atoms with Crippen molar-refractivity contribution in [3.63, 3.8) is 0 Å². The van der Waals surface area contributed by atoms with Gasteiger partial charge in [0, 0.05) is 16.8 Å². The third-order valence-electron chi connectivity index (χ3n) is 5.70. The number of thioether (sulfide) groups is 1. The molecule has 1 N–H and O–H groups in total. The highest BCUT2D eigenvalue weighted by Crippen LogP contribution is 2.39. The highest BCUT2D eigenvalue weighted by atomic mass is 32.2. The van der Waals surface area contributed by atoms with E-state index >= 15 is 0 Å². The lowest BCUT2D eigenvalue weighted by Crippen LogP contribution is -2.20. The van der Waals surface area contributed by atoms with Gasteiger partial charge in [0.1, 0.15) is 0 Å². The molecule has 4 rings (SSSR count). The van der Waals surface area contributed by atoms with E-state index in [0.717, 1.165) is 22.4 Å². The number of hydrazone groups is 1. The molecule has 0 spiro atoms. The average Bonchev–Trinajstić information content (AvgIpc) is 3.36. The molecule has 0 atom stereocenters. The Morgan fingerprint density at radius 2 is 1.55 bits per heavy atom. The van der Waals surface area contributed by atoms with E-state index in [9.17, 15) is 4.79 Å². The lowest BCUT2D eigenvalue weighted by Gasteiger charge is -2.13. The predicted molar refractivity (Wildman–Crippen MR) is 149 cm³/mol. The number of carbonyl (C=O) groups is 1. The van der Waals surface area contributed by atoms with Gasteiger partial charge < -0.3 is 14.2 Å². The zero-order chi connectivity index (χ0) is 27.1. The van der Waals surface area contributed by atoms with Crippen molar-refractivity contribution in [3.05, 3.63) is 77.4 Å². The summed E-state index contributed by atoms with van der Waals surface area (Å²) in [7, 11) is 4.60. The summed E-state index contributed by atoms with van der Waals surface area (Å²) in [6.45, 7) is 4.08. The van der Waals surface area contributed by atoms with Crippen LogP contribution in [-0.2, 0) is 4.79 Å². The molecule has 1 heterocycles. The van der Waals surface area contributed by atoms with Crippen molar-refractivity contribution in [2.45, 2.75) is 19.0 Å². The minimum atomic E-state index is -0.291. The molecular formula is C28H29N5O4S. The highest BCUT2D eigenvalue weighted by Gasteiger charge is 2.18. The van der Waals surface area contributed by atoms with E-state index in [4.69, 9.17) is 14.2 Å². The number of nitrogens with one attached hydrogen (secondary N) is 1. The number of methoxy groups -OCH3 is 3. The van der Waals surface area contributed by atoms with Crippen LogP contribution in [0.25, 0.3) is 17.1 Å². The van der Waals surface area contributed by atoms with Crippen LogP contribution in [0.1, 0.15) is 16.7 Å². The molecule has 9 nitrogen and oxygen atoms in total. The predicted octanol–water partition coefficient (Wildman–Crippen LogP) is 4.82. The van der Waals surface area contributed by atoms with Crippen molar-refractivity contribution in [3.8, 4) is 34.3 Å². The Balaban J connectivity index is 1.50. The van der Waals surface area contributed by atoms with Gasteiger partial charge in [-0.3, -0.25) is 9.36 Å². The quantitative estimate of drug-likeness (QED) is 0.178. The van der Waals surface area contributed by atoms with Crippen molar-refractivity contribution < 1.29 is 19.0 Å². The third-order valence-corrected chi connectivity index (χ3v) is 6.62. The highest BCUT2D eigenvalue weighted by molar-refractivity contribution is 7.99. The fraction of sp³-hybridized carbons (Fsp3) is 0.214. The summed E-state index contributed by atoms with van der Waals surface area (Å²) in [5.41, 5.74) is 7.34. The minimum absolute atomic E-state index is 0.0955. The first-order chi connectivity index (χ1) is 18.4. The fourth-order valence-corrected chi connectivity index (χ4v) is 4.49. The van der Waals surface area contributed by atoms with Gasteiger partial charge in [-0.15, -0.1) is 10.2 Å². The van der Waals surface area contributed by atoms with Crippen LogP contribution in [0, 0.1) is 13.8 Å². The number of aryl methyl sites for hydroxylation is 2. The maximum absolute atomic E-state index is 12.6. The molecule has 3 aromatic carbocycles. The molecule has 0 unspecified atom stereocenters. The normalized spacial score (nSPS) is 11.0. The number of benzene rings is 3. The molecular weight excluding hydrogens is 502 g/mol. The van der Waals surface area contributed by atoms with Gasteiger partial charge in [-0.1, -0.05) is 59.3 Å². The number of amides is 1. The Bertz CT molecular complexity index is 1430. The van der Waals surface area contributed by atoms with Crippen LogP contribution in [-0.4, -0.2) is 54.0 Å². The zero-order valence-corrected chi connectivity index (χ0v) is 22.7. The van der Waals surface area contributed by atoms with Gasteiger partial charge in [-0.05, 0) is 38.1 Å². The second-order valence-corrected chi connectivity index (χ2v) is 9.29. The van der Waals surface area contributed by atoms with E-state index in [2.05, 4.69) is 20.7 Å². The van der Waals surface area contributed by atoms with Crippen LogP contribution < -0.4 is 19.6 Å². The molecule has 0 saturated heterocycles. The monoisotopic (exact) mass is 531 g/mol. The second-order valence-electron chi connectivity index (χ2n) is 8.35. The fourth-order valence-electron chi connectivity index (χ4n) is 3.74. The van der Waals surface area contributed by atoms with E-state index < -0.39 is 0 Å². The Morgan fingerprint density at radius 3 is 2.18 bits per heavy atom. The van der Waals surface area contributed by atoms with Crippen LogP contribution in [0.5, 0.6) is 17.2 Å². The summed E-state index contributed by atoms with van der Waals surface area (Å²) < 4.78 is 18.1. The number of ether oxygens (including phenoxy) is 3. The molecule has 0 radical (unpaired) electrons. The van der Waals surface area contributed by atoms with Gasteiger partial charge in [-0.25, -0.2) is 5.43 Å². The van der Waals surface area contributed by atoms with Gasteiger partial charge in [-0.2, -0.15) is 5.10 Å². The molecule has 0 saturated carbocycles. The third kappa shape index (κ3) is 5.97. The van der Waals surface area contributed by atoms with Crippen molar-refractivity contribution in [2.24, 2.45) is 5.10 Å². The number of carbonyl (C=O) groups excluding carboxylic acids is 1. The molecule has 0 aliphatic heterocycles. The van der Waals surface area contributed by atoms with Crippen molar-refractivity contribution >= 4 is 23.9 Å². The molecule has 4 aromatic rings. The largest absolute Gasteiger partial charge is 0.493 e. The summed E-state index contributed by atoms with van der Waals surface area (Å²) >= 11 is 1.28. The molecule has 0 fully saturated rings. The van der Waals surface area contributed by atoms with Gasteiger partial charge in [0.25, 0.3) is 5.91 Å². The van der Waals surface area contributed by atoms with Crippen molar-refractivity contribution in [2.75, 3.05) is 27.1 Å². The first-order valence-electron chi connectivity index (χ1n) is 11.8. The first-order valence-corrected chi connectivity index (χ1v) is 12.8. The Hall–Kier alpha value is -4.31. The van der Waals surface area contributed by atoms with Gasteiger partial charge in [0.2, 0.25) is 5.75 Å². The molecule has 10 heteroatoms. The van der Waals surface area contributed by atoms with Crippen LogP contribution in [0.2, 0.25) is 0 Å². The summed E-state index contributed by atoms with van der Waals surface area (Å²) in [4.78, 5) is 12.6. The van der Waals surface area contributed by atoms with Gasteiger partial charge in [0.15, 0.2) is 22.5 Å². The summed E-state index contributed by atoms with van der Waals surface area (Å²) in [6.07, 6.45) is 1.49. The average molecular weight is 532 g/mol. The van der Waals surface area contributed by atoms with Crippen LogP contribution in [0.3, 0.4) is 0 Å². The van der Waals surface area contributed by atoms with Crippen LogP contribution >= 0.6 is 11.8 Å². The molecule has 1 aromatic heterocycles. The summed E-state index contributed by atoms with van der Waals surface area (Å²) in [6, 6.07) is 19.7. The first kappa shape index (κ1) is 26.7. The lowest BCUT2D eigenvalue weighted by atomic mass is 10.1. The number of rotatable bonds is 10.